The van der Waals surface area contributed by atoms with Crippen molar-refractivity contribution in [3.63, 3.8) is 0 Å². The highest BCUT2D eigenvalue weighted by Crippen LogP contribution is 2.11. The van der Waals surface area contributed by atoms with Gasteiger partial charge in [-0.3, -0.25) is 0 Å². The van der Waals surface area contributed by atoms with Crippen LogP contribution in [0, 0.1) is 0 Å². The summed E-state index contributed by atoms with van der Waals surface area (Å²) in [5, 5.41) is 0. The van der Waals surface area contributed by atoms with Gasteiger partial charge in [0.25, 0.3) is 0 Å². The fourth-order valence-corrected chi connectivity index (χ4v) is 1.59. The van der Waals surface area contributed by atoms with Crippen LogP contribution >= 0.6 is 0 Å². The van der Waals surface area contributed by atoms with Gasteiger partial charge in [0.1, 0.15) is 0 Å². The smallest absolute Gasteiger partial charge is 0.0991 e. The third kappa shape index (κ3) is 2.44. The van der Waals surface area contributed by atoms with E-state index < -0.39 is 0 Å². The van der Waals surface area contributed by atoms with Gasteiger partial charge in [-0.25, -0.2) is 4.98 Å². The molecule has 0 aliphatic carbocycles. The SMILES string of the molecule is CN(C)Cc1cccc(-n2ccnc2)c1. The molecule has 0 amide bonds. The number of aromatic nitrogens is 2. The molecule has 1 heterocycles. The van der Waals surface area contributed by atoms with E-state index in [-0.39, 0.29) is 0 Å². The molecule has 0 aliphatic rings. The zero-order chi connectivity index (χ0) is 10.7. The molecule has 0 spiro atoms. The summed E-state index contributed by atoms with van der Waals surface area (Å²) in [6.07, 6.45) is 5.56. The quantitative estimate of drug-likeness (QED) is 0.756. The average Bonchev–Trinajstić information content (AvgIpc) is 2.69. The highest BCUT2D eigenvalue weighted by Gasteiger charge is 1.98. The first kappa shape index (κ1) is 9.93. The Hall–Kier alpha value is -1.61. The van der Waals surface area contributed by atoms with Crippen molar-refractivity contribution in [2.75, 3.05) is 14.1 Å². The fourth-order valence-electron chi connectivity index (χ4n) is 1.59. The maximum atomic E-state index is 4.04. The van der Waals surface area contributed by atoms with Crippen molar-refractivity contribution in [1.82, 2.24) is 14.5 Å². The largest absolute Gasteiger partial charge is 0.306 e. The molecule has 0 radical (unpaired) electrons. The molecule has 0 atom stereocenters. The second-order valence-corrected chi connectivity index (χ2v) is 3.88. The Morgan fingerprint density at radius 3 is 2.87 bits per heavy atom. The van der Waals surface area contributed by atoms with E-state index in [1.165, 1.54) is 5.56 Å². The van der Waals surface area contributed by atoms with Crippen LogP contribution < -0.4 is 0 Å². The molecule has 0 bridgehead atoms. The molecular weight excluding hydrogens is 186 g/mol. The summed E-state index contributed by atoms with van der Waals surface area (Å²) >= 11 is 0. The molecule has 0 aliphatic heterocycles. The number of hydrogen-bond acceptors (Lipinski definition) is 2. The van der Waals surface area contributed by atoms with Crippen LogP contribution in [0.2, 0.25) is 0 Å². The van der Waals surface area contributed by atoms with Gasteiger partial charge in [0.2, 0.25) is 0 Å². The summed E-state index contributed by atoms with van der Waals surface area (Å²) in [5.74, 6) is 0. The Morgan fingerprint density at radius 1 is 1.33 bits per heavy atom. The summed E-state index contributed by atoms with van der Waals surface area (Å²) in [6, 6.07) is 8.48. The lowest BCUT2D eigenvalue weighted by Gasteiger charge is -2.10. The number of benzene rings is 1. The number of hydrogen-bond donors (Lipinski definition) is 0. The first-order valence-electron chi connectivity index (χ1n) is 4.98. The van der Waals surface area contributed by atoms with Crippen molar-refractivity contribution in [2.24, 2.45) is 0 Å². The molecule has 0 saturated carbocycles. The summed E-state index contributed by atoms with van der Waals surface area (Å²) in [6.45, 7) is 0.961. The molecule has 3 heteroatoms. The van der Waals surface area contributed by atoms with Crippen LogP contribution in [0.5, 0.6) is 0 Å². The minimum atomic E-state index is 0.961. The molecule has 0 unspecified atom stereocenters. The molecule has 1 aromatic carbocycles. The van der Waals surface area contributed by atoms with Crippen LogP contribution in [0.3, 0.4) is 0 Å². The van der Waals surface area contributed by atoms with Gasteiger partial charge >= 0.3 is 0 Å². The predicted octanol–water partition coefficient (Wildman–Crippen LogP) is 1.93. The van der Waals surface area contributed by atoms with E-state index in [4.69, 9.17) is 0 Å². The van der Waals surface area contributed by atoms with Crippen molar-refractivity contribution >= 4 is 0 Å². The van der Waals surface area contributed by atoms with Gasteiger partial charge in [-0.05, 0) is 31.8 Å². The normalized spacial score (nSPS) is 10.9. The minimum Gasteiger partial charge on any atom is -0.306 e. The van der Waals surface area contributed by atoms with E-state index in [9.17, 15) is 0 Å². The lowest BCUT2D eigenvalue weighted by Crippen LogP contribution is -2.10. The molecule has 0 fully saturated rings. The van der Waals surface area contributed by atoms with Gasteiger partial charge < -0.3 is 9.47 Å². The molecule has 1 aromatic heterocycles. The van der Waals surface area contributed by atoms with Gasteiger partial charge in [0.05, 0.1) is 6.33 Å². The Kier molecular flexibility index (Phi) is 2.83. The van der Waals surface area contributed by atoms with Crippen LogP contribution in [0.15, 0.2) is 43.0 Å². The zero-order valence-electron chi connectivity index (χ0n) is 9.09. The Labute approximate surface area is 90.0 Å². The molecule has 0 saturated heterocycles. The van der Waals surface area contributed by atoms with Crippen LogP contribution in [-0.4, -0.2) is 28.5 Å². The van der Waals surface area contributed by atoms with E-state index in [1.807, 2.05) is 17.1 Å². The number of nitrogens with zero attached hydrogens (tertiary/aromatic N) is 3. The van der Waals surface area contributed by atoms with E-state index in [0.29, 0.717) is 0 Å². The van der Waals surface area contributed by atoms with E-state index in [2.05, 4.69) is 48.2 Å². The van der Waals surface area contributed by atoms with Gasteiger partial charge in [-0.2, -0.15) is 0 Å². The molecule has 0 N–H and O–H groups in total. The Morgan fingerprint density at radius 2 is 2.20 bits per heavy atom. The second kappa shape index (κ2) is 4.28. The molecule has 2 aromatic rings. The van der Waals surface area contributed by atoms with Gasteiger partial charge in [0.15, 0.2) is 0 Å². The second-order valence-electron chi connectivity index (χ2n) is 3.88. The van der Waals surface area contributed by atoms with Crippen LogP contribution in [0.4, 0.5) is 0 Å². The van der Waals surface area contributed by atoms with Crippen LogP contribution in [0.25, 0.3) is 5.69 Å². The average molecular weight is 201 g/mol. The Bertz CT molecular complexity index is 418. The summed E-state index contributed by atoms with van der Waals surface area (Å²) in [7, 11) is 4.15. The maximum absolute atomic E-state index is 4.04. The minimum absolute atomic E-state index is 0.961. The van der Waals surface area contributed by atoms with E-state index in [0.717, 1.165) is 12.2 Å². The molecule has 2 rings (SSSR count). The van der Waals surface area contributed by atoms with Crippen LogP contribution in [0.1, 0.15) is 5.56 Å². The molecule has 15 heavy (non-hydrogen) atoms. The Balaban J connectivity index is 2.27. The first-order chi connectivity index (χ1) is 7.25. The van der Waals surface area contributed by atoms with Crippen molar-refractivity contribution < 1.29 is 0 Å². The highest BCUT2D eigenvalue weighted by atomic mass is 15.1. The van der Waals surface area contributed by atoms with Gasteiger partial charge in [-0.15, -0.1) is 0 Å². The zero-order valence-corrected chi connectivity index (χ0v) is 9.09. The highest BCUT2D eigenvalue weighted by molar-refractivity contribution is 5.35. The topological polar surface area (TPSA) is 21.1 Å². The van der Waals surface area contributed by atoms with Crippen molar-refractivity contribution in [2.45, 2.75) is 6.54 Å². The van der Waals surface area contributed by atoms with E-state index >= 15 is 0 Å². The first-order valence-corrected chi connectivity index (χ1v) is 4.98. The van der Waals surface area contributed by atoms with Crippen molar-refractivity contribution in [3.05, 3.63) is 48.5 Å². The number of imidazole rings is 1. The van der Waals surface area contributed by atoms with Gasteiger partial charge in [0, 0.05) is 24.6 Å². The maximum Gasteiger partial charge on any atom is 0.0991 e. The van der Waals surface area contributed by atoms with Crippen LogP contribution in [-0.2, 0) is 6.54 Å². The lowest BCUT2D eigenvalue weighted by molar-refractivity contribution is 0.402. The van der Waals surface area contributed by atoms with E-state index in [1.54, 1.807) is 6.20 Å². The fraction of sp³-hybridized carbons (Fsp3) is 0.250. The monoisotopic (exact) mass is 201 g/mol. The van der Waals surface area contributed by atoms with Crippen molar-refractivity contribution in [3.8, 4) is 5.69 Å². The standard InChI is InChI=1S/C12H15N3/c1-14(2)9-11-4-3-5-12(8-11)15-7-6-13-10-15/h3-8,10H,9H2,1-2H3. The number of rotatable bonds is 3. The van der Waals surface area contributed by atoms with Gasteiger partial charge in [-0.1, -0.05) is 12.1 Å². The molecular formula is C12H15N3. The lowest BCUT2D eigenvalue weighted by atomic mass is 10.2. The molecule has 78 valence electrons. The summed E-state index contributed by atoms with van der Waals surface area (Å²) in [4.78, 5) is 6.20. The third-order valence-corrected chi connectivity index (χ3v) is 2.21. The third-order valence-electron chi connectivity index (χ3n) is 2.21. The van der Waals surface area contributed by atoms with Crippen molar-refractivity contribution in [1.29, 1.82) is 0 Å². The molecule has 3 nitrogen and oxygen atoms in total. The summed E-state index contributed by atoms with van der Waals surface area (Å²) in [5.41, 5.74) is 2.47. The predicted molar refractivity (Wildman–Crippen MR) is 61.0 cm³/mol. The summed E-state index contributed by atoms with van der Waals surface area (Å²) < 4.78 is 2.01.